The van der Waals surface area contributed by atoms with Crippen molar-refractivity contribution < 1.29 is 14.4 Å². The first-order chi connectivity index (χ1) is 17.3. The molecule has 4 rings (SSSR count). The van der Waals surface area contributed by atoms with E-state index in [1.807, 2.05) is 39.1 Å². The molecule has 0 spiro atoms. The Labute approximate surface area is 218 Å². The second-order valence-electron chi connectivity index (χ2n) is 9.08. The van der Waals surface area contributed by atoms with Gasteiger partial charge in [0.05, 0.1) is 17.4 Å². The first kappa shape index (κ1) is 25.9. The van der Waals surface area contributed by atoms with E-state index in [-0.39, 0.29) is 29.5 Å². The fourth-order valence-corrected chi connectivity index (χ4v) is 6.30. The molecule has 3 aromatic rings. The highest BCUT2D eigenvalue weighted by Crippen LogP contribution is 2.38. The Hall–Kier alpha value is -3.18. The molecule has 1 aromatic carbocycles. The van der Waals surface area contributed by atoms with Crippen LogP contribution >= 0.6 is 23.1 Å². The maximum Gasteiger partial charge on any atom is 0.251 e. The molecule has 1 aliphatic carbocycles. The van der Waals surface area contributed by atoms with Gasteiger partial charge >= 0.3 is 0 Å². The molecular weight excluding hydrogens is 496 g/mol. The lowest BCUT2D eigenvalue weighted by molar-refractivity contribution is -0.113. The van der Waals surface area contributed by atoms with Gasteiger partial charge in [-0.1, -0.05) is 43.8 Å². The molecule has 9 nitrogen and oxygen atoms in total. The van der Waals surface area contributed by atoms with Gasteiger partial charge in [-0.25, -0.2) is 0 Å². The summed E-state index contributed by atoms with van der Waals surface area (Å²) in [6.07, 6.45) is 3.82. The number of hydrogen-bond donors (Lipinski definition) is 3. The minimum Gasteiger partial charge on any atom is -0.365 e. The molecule has 2 aromatic heterocycles. The molecular formula is C25H30N6O3S2. The zero-order chi connectivity index (χ0) is 25.8. The van der Waals surface area contributed by atoms with Gasteiger partial charge in [0.2, 0.25) is 5.91 Å². The summed E-state index contributed by atoms with van der Waals surface area (Å²) in [4.78, 5) is 38.7. The van der Waals surface area contributed by atoms with Crippen LogP contribution in [0.4, 0.5) is 5.00 Å². The number of aromatic nitrogens is 3. The molecule has 2 heterocycles. The van der Waals surface area contributed by atoms with Crippen molar-refractivity contribution in [3.05, 3.63) is 57.7 Å². The number of carbonyl (C=O) groups excluding carboxylic acids is 3. The van der Waals surface area contributed by atoms with Crippen molar-refractivity contribution in [2.45, 2.75) is 50.7 Å². The van der Waals surface area contributed by atoms with Crippen molar-refractivity contribution in [3.63, 3.8) is 0 Å². The van der Waals surface area contributed by atoms with Gasteiger partial charge in [0, 0.05) is 17.5 Å². The van der Waals surface area contributed by atoms with Crippen molar-refractivity contribution in [1.82, 2.24) is 20.1 Å². The first-order valence-electron chi connectivity index (χ1n) is 11.9. The Kier molecular flexibility index (Phi) is 8.10. The molecule has 1 aliphatic rings. The number of rotatable bonds is 9. The fourth-order valence-electron chi connectivity index (χ4n) is 4.27. The van der Waals surface area contributed by atoms with Crippen LogP contribution in [-0.2, 0) is 24.7 Å². The van der Waals surface area contributed by atoms with Crippen LogP contribution in [0.15, 0.2) is 35.5 Å². The van der Waals surface area contributed by atoms with Gasteiger partial charge in [-0.05, 0) is 49.3 Å². The zero-order valence-corrected chi connectivity index (χ0v) is 22.2. The number of aryl methyl sites for hydroxylation is 1. The third-order valence-corrected chi connectivity index (χ3v) is 8.37. The quantitative estimate of drug-likeness (QED) is 0.364. The van der Waals surface area contributed by atoms with Gasteiger partial charge < -0.3 is 20.9 Å². The van der Waals surface area contributed by atoms with E-state index >= 15 is 0 Å². The van der Waals surface area contributed by atoms with Crippen LogP contribution in [0.2, 0.25) is 0 Å². The summed E-state index contributed by atoms with van der Waals surface area (Å²) >= 11 is 2.68. The molecule has 0 bridgehead atoms. The molecule has 0 aliphatic heterocycles. The van der Waals surface area contributed by atoms with Crippen LogP contribution < -0.4 is 16.4 Å². The number of thioether (sulfide) groups is 1. The summed E-state index contributed by atoms with van der Waals surface area (Å²) < 4.78 is 1.80. The highest BCUT2D eigenvalue weighted by molar-refractivity contribution is 7.99. The number of thiophene rings is 1. The summed E-state index contributed by atoms with van der Waals surface area (Å²) in [7, 11) is 1.82. The monoisotopic (exact) mass is 526 g/mol. The number of hydrogen-bond acceptors (Lipinski definition) is 7. The average molecular weight is 527 g/mol. The molecule has 0 unspecified atom stereocenters. The second kappa shape index (κ2) is 11.3. The predicted molar refractivity (Wildman–Crippen MR) is 141 cm³/mol. The summed E-state index contributed by atoms with van der Waals surface area (Å²) in [5.41, 5.74) is 7.63. The third kappa shape index (κ3) is 5.62. The summed E-state index contributed by atoms with van der Waals surface area (Å²) in [6, 6.07) is 8.67. The number of fused-ring (bicyclic) bond motifs is 1. The second-order valence-corrected chi connectivity index (χ2v) is 11.1. The lowest BCUT2D eigenvalue weighted by atomic mass is 9.95. The van der Waals surface area contributed by atoms with Crippen molar-refractivity contribution >= 4 is 45.8 Å². The number of benzene rings is 1. The van der Waals surface area contributed by atoms with Crippen molar-refractivity contribution in [2.24, 2.45) is 18.7 Å². The Morgan fingerprint density at radius 2 is 1.86 bits per heavy atom. The number of nitrogens with one attached hydrogen (secondary N) is 2. The summed E-state index contributed by atoms with van der Waals surface area (Å²) in [5.74, 6) is -0.168. The van der Waals surface area contributed by atoms with Crippen LogP contribution in [-0.4, -0.2) is 38.2 Å². The number of nitrogens with zero attached hydrogens (tertiary/aromatic N) is 3. The van der Waals surface area contributed by atoms with E-state index in [9.17, 15) is 14.4 Å². The number of primary amides is 1. The number of anilines is 1. The number of carbonyl (C=O) groups is 3. The fraction of sp³-hybridized carbons (Fsp3) is 0.400. The van der Waals surface area contributed by atoms with Crippen molar-refractivity contribution in [2.75, 3.05) is 11.1 Å². The predicted octanol–water partition coefficient (Wildman–Crippen LogP) is 3.71. The van der Waals surface area contributed by atoms with Crippen molar-refractivity contribution in [1.29, 1.82) is 0 Å². The SMILES string of the molecule is CC(C)[C@H](NC(=O)c1ccccc1)c1nnc(SCC(=O)Nc2sc3c(c2C(N)=O)CCCC3)n1C. The third-order valence-electron chi connectivity index (χ3n) is 6.14. The van der Waals surface area contributed by atoms with E-state index in [0.717, 1.165) is 36.1 Å². The van der Waals surface area contributed by atoms with E-state index < -0.39 is 5.91 Å². The first-order valence-corrected chi connectivity index (χ1v) is 13.7. The topological polar surface area (TPSA) is 132 Å². The molecule has 11 heteroatoms. The molecule has 0 fully saturated rings. The smallest absolute Gasteiger partial charge is 0.251 e. The van der Waals surface area contributed by atoms with Gasteiger partial charge in [-0.15, -0.1) is 21.5 Å². The largest absolute Gasteiger partial charge is 0.365 e. The minimum absolute atomic E-state index is 0.0683. The molecule has 36 heavy (non-hydrogen) atoms. The Bertz CT molecular complexity index is 1270. The molecule has 0 saturated carbocycles. The zero-order valence-electron chi connectivity index (χ0n) is 20.5. The Morgan fingerprint density at radius 1 is 1.14 bits per heavy atom. The lowest BCUT2D eigenvalue weighted by Crippen LogP contribution is -2.33. The average Bonchev–Trinajstić information content (AvgIpc) is 3.41. The molecule has 0 radical (unpaired) electrons. The van der Waals surface area contributed by atoms with Gasteiger partial charge in [0.15, 0.2) is 11.0 Å². The molecule has 4 N–H and O–H groups in total. The van der Waals surface area contributed by atoms with E-state index in [2.05, 4.69) is 20.8 Å². The van der Waals surface area contributed by atoms with Gasteiger partial charge in [0.25, 0.3) is 11.8 Å². The summed E-state index contributed by atoms with van der Waals surface area (Å²) in [6.45, 7) is 4.00. The van der Waals surface area contributed by atoms with Crippen LogP contribution in [0.3, 0.4) is 0 Å². The lowest BCUT2D eigenvalue weighted by Gasteiger charge is -2.21. The Balaban J connectivity index is 1.43. The standard InChI is InChI=1S/C25H30N6O3S2/c1-14(2)20(28-23(34)15-9-5-4-6-10-15)22-29-30-25(31(22)3)35-13-18(32)27-24-19(21(26)33)16-11-7-8-12-17(16)36-24/h4-6,9-10,14,20H,7-8,11-13H2,1-3H3,(H2,26,33)(H,27,32)(H,28,34)/t20-/m0/s1. The van der Waals surface area contributed by atoms with E-state index in [1.165, 1.54) is 23.1 Å². The molecule has 1 atom stereocenters. The number of nitrogens with two attached hydrogens (primary N) is 1. The molecule has 0 saturated heterocycles. The highest BCUT2D eigenvalue weighted by Gasteiger charge is 2.27. The maximum atomic E-state index is 12.7. The van der Waals surface area contributed by atoms with Crippen LogP contribution in [0.25, 0.3) is 0 Å². The van der Waals surface area contributed by atoms with Crippen molar-refractivity contribution in [3.8, 4) is 0 Å². The summed E-state index contributed by atoms with van der Waals surface area (Å²) in [5, 5.41) is 15.6. The van der Waals surface area contributed by atoms with Gasteiger partial charge in [-0.2, -0.15) is 0 Å². The normalized spacial score (nSPS) is 13.8. The van der Waals surface area contributed by atoms with E-state index in [0.29, 0.717) is 27.1 Å². The van der Waals surface area contributed by atoms with Gasteiger partial charge in [0.1, 0.15) is 5.00 Å². The minimum atomic E-state index is -0.507. The van der Waals surface area contributed by atoms with Crippen LogP contribution in [0.1, 0.15) is 69.7 Å². The Morgan fingerprint density at radius 3 is 2.56 bits per heavy atom. The maximum absolute atomic E-state index is 12.7. The van der Waals surface area contributed by atoms with Gasteiger partial charge in [-0.3, -0.25) is 14.4 Å². The van der Waals surface area contributed by atoms with E-state index in [1.54, 1.807) is 16.7 Å². The highest BCUT2D eigenvalue weighted by atomic mass is 32.2. The molecule has 3 amide bonds. The van der Waals surface area contributed by atoms with Crippen LogP contribution in [0, 0.1) is 5.92 Å². The molecule has 190 valence electrons. The number of amides is 3. The van der Waals surface area contributed by atoms with E-state index in [4.69, 9.17) is 5.73 Å². The van der Waals surface area contributed by atoms with Crippen LogP contribution in [0.5, 0.6) is 0 Å².